The average Bonchev–Trinajstić information content (AvgIpc) is 2.86. The molecule has 19 heavy (non-hydrogen) atoms. The topological polar surface area (TPSA) is 99.8 Å². The highest BCUT2D eigenvalue weighted by Crippen LogP contribution is 2.17. The average molecular weight is 267 g/mol. The van der Waals surface area contributed by atoms with Crippen molar-refractivity contribution in [2.45, 2.75) is 0 Å². The summed E-state index contributed by atoms with van der Waals surface area (Å²) in [5, 5.41) is 9.62. The predicted octanol–water partition coefficient (Wildman–Crippen LogP) is 0.660. The number of anilines is 2. The van der Waals surface area contributed by atoms with Crippen molar-refractivity contribution in [3.05, 3.63) is 36.2 Å². The van der Waals surface area contributed by atoms with E-state index in [4.69, 9.17) is 0 Å². The van der Waals surface area contributed by atoms with Crippen molar-refractivity contribution in [3.63, 3.8) is 0 Å². The summed E-state index contributed by atoms with van der Waals surface area (Å²) < 4.78 is 26.5. The molecule has 7 nitrogen and oxygen atoms in total. The highest BCUT2D eigenvalue weighted by Gasteiger charge is 2.18. The number of para-hydroxylation sites is 1. The summed E-state index contributed by atoms with van der Waals surface area (Å²) >= 11 is 0. The quantitative estimate of drug-likeness (QED) is 0.696. The Balaban J connectivity index is 2.07. The maximum absolute atomic E-state index is 13.2. The molecule has 3 N–H and O–H groups in total. The van der Waals surface area contributed by atoms with Gasteiger partial charge < -0.3 is 5.32 Å². The van der Waals surface area contributed by atoms with Crippen LogP contribution in [0.15, 0.2) is 24.5 Å². The summed E-state index contributed by atoms with van der Waals surface area (Å²) in [5.74, 6) is -4.41. The number of benzene rings is 1. The summed E-state index contributed by atoms with van der Waals surface area (Å²) in [6.45, 7) is 0. The molecule has 0 atom stereocenters. The Labute approximate surface area is 105 Å². The van der Waals surface area contributed by atoms with Crippen LogP contribution in [0.1, 0.15) is 0 Å². The number of aromatic amines is 1. The van der Waals surface area contributed by atoms with E-state index in [9.17, 15) is 18.4 Å². The van der Waals surface area contributed by atoms with E-state index in [1.165, 1.54) is 0 Å². The number of nitrogens with zero attached hydrogens (tertiary/aromatic N) is 2. The summed E-state index contributed by atoms with van der Waals surface area (Å²) in [6.07, 6.45) is 1.12. The Morgan fingerprint density at radius 3 is 2.32 bits per heavy atom. The fourth-order valence-corrected chi connectivity index (χ4v) is 1.22. The van der Waals surface area contributed by atoms with E-state index in [1.807, 2.05) is 5.32 Å². The molecule has 0 unspecified atom stereocenters. The van der Waals surface area contributed by atoms with Crippen LogP contribution in [-0.2, 0) is 9.59 Å². The van der Waals surface area contributed by atoms with Crippen molar-refractivity contribution < 1.29 is 18.4 Å². The van der Waals surface area contributed by atoms with Crippen LogP contribution in [-0.4, -0.2) is 27.0 Å². The number of hydrogen-bond acceptors (Lipinski definition) is 4. The number of carbonyl (C=O) groups is 2. The molecule has 0 aliphatic carbocycles. The lowest BCUT2D eigenvalue weighted by Crippen LogP contribution is -2.30. The number of rotatable bonds is 2. The van der Waals surface area contributed by atoms with Gasteiger partial charge in [0.05, 0.1) is 0 Å². The number of hydrogen-bond donors (Lipinski definition) is 3. The van der Waals surface area contributed by atoms with E-state index < -0.39 is 29.1 Å². The van der Waals surface area contributed by atoms with Crippen LogP contribution in [0, 0.1) is 11.6 Å². The van der Waals surface area contributed by atoms with Gasteiger partial charge in [0.25, 0.3) is 0 Å². The lowest BCUT2D eigenvalue weighted by Gasteiger charge is -2.06. The predicted molar refractivity (Wildman–Crippen MR) is 60.0 cm³/mol. The maximum atomic E-state index is 13.2. The molecule has 0 bridgehead atoms. The molecule has 2 aromatic rings. The minimum Gasteiger partial charge on any atom is -0.313 e. The molecule has 1 aromatic carbocycles. The Kier molecular flexibility index (Phi) is 3.46. The summed E-state index contributed by atoms with van der Waals surface area (Å²) in [4.78, 5) is 26.4. The number of nitrogens with one attached hydrogen (secondary N) is 3. The molecular formula is C10H7F2N5O2. The van der Waals surface area contributed by atoms with Crippen LogP contribution in [0.3, 0.4) is 0 Å². The third-order valence-corrected chi connectivity index (χ3v) is 2.05. The van der Waals surface area contributed by atoms with E-state index in [2.05, 4.69) is 20.5 Å². The van der Waals surface area contributed by atoms with Gasteiger partial charge in [-0.2, -0.15) is 10.1 Å². The van der Waals surface area contributed by atoms with Gasteiger partial charge in [-0.25, -0.2) is 13.9 Å². The molecule has 1 aromatic heterocycles. The smallest absolute Gasteiger partial charge is 0.313 e. The fourth-order valence-electron chi connectivity index (χ4n) is 1.22. The number of H-pyrrole nitrogens is 1. The second-order valence-corrected chi connectivity index (χ2v) is 3.34. The zero-order chi connectivity index (χ0) is 13.8. The Hall–Kier alpha value is -2.84. The van der Waals surface area contributed by atoms with E-state index in [-0.39, 0.29) is 5.95 Å². The molecule has 0 aliphatic heterocycles. The molecule has 0 aliphatic rings. The van der Waals surface area contributed by atoms with Crippen LogP contribution in [0.4, 0.5) is 20.4 Å². The van der Waals surface area contributed by atoms with Gasteiger partial charge in [0.2, 0.25) is 5.95 Å². The van der Waals surface area contributed by atoms with Gasteiger partial charge >= 0.3 is 11.8 Å². The molecule has 1 heterocycles. The van der Waals surface area contributed by atoms with Gasteiger partial charge in [0.15, 0.2) is 0 Å². The number of amides is 2. The van der Waals surface area contributed by atoms with Gasteiger partial charge in [-0.3, -0.25) is 14.9 Å². The Bertz CT molecular complexity index is 594. The molecule has 0 radical (unpaired) electrons. The minimum absolute atomic E-state index is 0.0610. The second-order valence-electron chi connectivity index (χ2n) is 3.34. The van der Waals surface area contributed by atoms with Crippen molar-refractivity contribution in [2.24, 2.45) is 0 Å². The van der Waals surface area contributed by atoms with E-state index in [0.29, 0.717) is 0 Å². The molecule has 2 amide bonds. The third kappa shape index (κ3) is 2.89. The van der Waals surface area contributed by atoms with Gasteiger partial charge in [0.1, 0.15) is 23.6 Å². The monoisotopic (exact) mass is 267 g/mol. The molecule has 0 fully saturated rings. The zero-order valence-corrected chi connectivity index (χ0v) is 9.28. The first-order valence-electron chi connectivity index (χ1n) is 4.99. The molecule has 0 saturated carbocycles. The van der Waals surface area contributed by atoms with Crippen LogP contribution < -0.4 is 10.6 Å². The largest absolute Gasteiger partial charge is 0.316 e. The minimum atomic E-state index is -1.24. The van der Waals surface area contributed by atoms with Gasteiger partial charge in [-0.05, 0) is 12.1 Å². The maximum Gasteiger partial charge on any atom is 0.316 e. The molecule has 2 rings (SSSR count). The SMILES string of the molecule is O=C(Nc1ncn[nH]1)C(=O)Nc1c(F)cccc1F. The number of carbonyl (C=O) groups excluding carboxylic acids is 2. The molecule has 0 spiro atoms. The van der Waals surface area contributed by atoms with Crippen molar-refractivity contribution in [3.8, 4) is 0 Å². The van der Waals surface area contributed by atoms with Crippen LogP contribution in [0.5, 0.6) is 0 Å². The second kappa shape index (κ2) is 5.21. The Morgan fingerprint density at radius 1 is 1.11 bits per heavy atom. The highest BCUT2D eigenvalue weighted by atomic mass is 19.1. The van der Waals surface area contributed by atoms with E-state index in [0.717, 1.165) is 24.5 Å². The fraction of sp³-hybridized carbons (Fsp3) is 0. The molecular weight excluding hydrogens is 260 g/mol. The van der Waals surface area contributed by atoms with E-state index in [1.54, 1.807) is 0 Å². The summed E-state index contributed by atoms with van der Waals surface area (Å²) in [6, 6.07) is 3.04. The van der Waals surface area contributed by atoms with Gasteiger partial charge in [-0.1, -0.05) is 6.07 Å². The number of aromatic nitrogens is 3. The highest BCUT2D eigenvalue weighted by molar-refractivity contribution is 6.43. The summed E-state index contributed by atoms with van der Waals surface area (Å²) in [7, 11) is 0. The number of halogens is 2. The van der Waals surface area contributed by atoms with Crippen molar-refractivity contribution in [2.75, 3.05) is 10.6 Å². The summed E-state index contributed by atoms with van der Waals surface area (Å²) in [5.41, 5.74) is -0.694. The standard InChI is InChI=1S/C10H7F2N5O2/c11-5-2-1-3-6(12)7(5)15-8(18)9(19)16-10-13-4-14-17-10/h1-4H,(H,15,18)(H2,13,14,16,17,19). The Morgan fingerprint density at radius 2 is 1.74 bits per heavy atom. The third-order valence-electron chi connectivity index (χ3n) is 2.05. The normalized spacial score (nSPS) is 10.0. The first-order valence-corrected chi connectivity index (χ1v) is 4.99. The molecule has 9 heteroatoms. The van der Waals surface area contributed by atoms with Crippen molar-refractivity contribution in [1.29, 1.82) is 0 Å². The van der Waals surface area contributed by atoms with Crippen molar-refractivity contribution in [1.82, 2.24) is 15.2 Å². The van der Waals surface area contributed by atoms with Crippen LogP contribution in [0.25, 0.3) is 0 Å². The first-order chi connectivity index (χ1) is 9.08. The van der Waals surface area contributed by atoms with Crippen molar-refractivity contribution >= 4 is 23.5 Å². The first kappa shape index (κ1) is 12.6. The lowest BCUT2D eigenvalue weighted by molar-refractivity contribution is -0.133. The lowest BCUT2D eigenvalue weighted by atomic mass is 10.3. The molecule has 98 valence electrons. The molecule has 0 saturated heterocycles. The van der Waals surface area contributed by atoms with Crippen LogP contribution in [0.2, 0.25) is 0 Å². The zero-order valence-electron chi connectivity index (χ0n) is 9.28. The van der Waals surface area contributed by atoms with Gasteiger partial charge in [-0.15, -0.1) is 0 Å². The van der Waals surface area contributed by atoms with Crippen LogP contribution >= 0.6 is 0 Å². The van der Waals surface area contributed by atoms with Gasteiger partial charge in [0, 0.05) is 0 Å². The van der Waals surface area contributed by atoms with E-state index >= 15 is 0 Å².